The minimum absolute atomic E-state index is 0.186. The summed E-state index contributed by atoms with van der Waals surface area (Å²) in [6.45, 7) is 4.49. The summed E-state index contributed by atoms with van der Waals surface area (Å²) in [7, 11) is 0. The maximum Gasteiger partial charge on any atom is 0.252 e. The number of carbonyl (C=O) groups is 1. The second-order valence-corrected chi connectivity index (χ2v) is 4.35. The van der Waals surface area contributed by atoms with Crippen LogP contribution in [0.2, 0.25) is 10.0 Å². The third-order valence-corrected chi connectivity index (χ3v) is 3.08. The molecular weight excluding hydrogens is 259 g/mol. The lowest BCUT2D eigenvalue weighted by Gasteiger charge is -2.07. The van der Waals surface area contributed by atoms with Crippen molar-refractivity contribution in [3.05, 3.63) is 33.8 Å². The van der Waals surface area contributed by atoms with Crippen LogP contribution in [-0.4, -0.2) is 25.5 Å². The summed E-state index contributed by atoms with van der Waals surface area (Å²) in [5, 5.41) is 6.69. The highest BCUT2D eigenvalue weighted by molar-refractivity contribution is 6.43. The molecule has 0 saturated carbocycles. The molecule has 1 amide bonds. The van der Waals surface area contributed by atoms with Crippen LogP contribution in [0.1, 0.15) is 23.7 Å². The number of halogens is 2. The van der Waals surface area contributed by atoms with Crippen LogP contribution in [0.5, 0.6) is 0 Å². The van der Waals surface area contributed by atoms with Crippen LogP contribution in [0.4, 0.5) is 0 Å². The molecule has 0 saturated heterocycles. The molecule has 0 bridgehead atoms. The fourth-order valence-corrected chi connectivity index (χ4v) is 1.75. The van der Waals surface area contributed by atoms with Crippen molar-refractivity contribution in [3.63, 3.8) is 0 Å². The lowest BCUT2D eigenvalue weighted by atomic mass is 10.2. The molecule has 5 heteroatoms. The van der Waals surface area contributed by atoms with Crippen LogP contribution >= 0.6 is 23.2 Å². The maximum atomic E-state index is 11.8. The molecule has 0 aliphatic heterocycles. The predicted octanol–water partition coefficient (Wildman–Crippen LogP) is 2.72. The van der Waals surface area contributed by atoms with Gasteiger partial charge in [-0.05, 0) is 31.6 Å². The molecule has 94 valence electrons. The molecule has 0 spiro atoms. The number of nitrogens with one attached hydrogen (secondary N) is 2. The van der Waals surface area contributed by atoms with Gasteiger partial charge in [0.1, 0.15) is 0 Å². The Balaban J connectivity index is 2.44. The van der Waals surface area contributed by atoms with Crippen LogP contribution in [0.25, 0.3) is 0 Å². The van der Waals surface area contributed by atoms with Gasteiger partial charge in [-0.25, -0.2) is 0 Å². The summed E-state index contributed by atoms with van der Waals surface area (Å²) in [6.07, 6.45) is 0.887. The number of rotatable bonds is 6. The summed E-state index contributed by atoms with van der Waals surface area (Å²) < 4.78 is 0. The summed E-state index contributed by atoms with van der Waals surface area (Å²) in [5.41, 5.74) is 0.419. The fourth-order valence-electron chi connectivity index (χ4n) is 1.37. The van der Waals surface area contributed by atoms with Gasteiger partial charge in [-0.2, -0.15) is 0 Å². The molecule has 0 aliphatic carbocycles. The first kappa shape index (κ1) is 14.3. The largest absolute Gasteiger partial charge is 0.352 e. The van der Waals surface area contributed by atoms with Gasteiger partial charge in [0.25, 0.3) is 5.91 Å². The van der Waals surface area contributed by atoms with Crippen LogP contribution in [0, 0.1) is 0 Å². The van der Waals surface area contributed by atoms with E-state index in [0.717, 1.165) is 19.5 Å². The van der Waals surface area contributed by atoms with E-state index in [1.165, 1.54) is 0 Å². The Morgan fingerprint density at radius 1 is 1.29 bits per heavy atom. The van der Waals surface area contributed by atoms with Gasteiger partial charge in [-0.15, -0.1) is 0 Å². The molecule has 1 rings (SSSR count). The van der Waals surface area contributed by atoms with Crippen LogP contribution in [0.3, 0.4) is 0 Å². The van der Waals surface area contributed by atoms with Crippen LogP contribution < -0.4 is 10.6 Å². The number of carbonyl (C=O) groups excluding carboxylic acids is 1. The van der Waals surface area contributed by atoms with Gasteiger partial charge < -0.3 is 10.6 Å². The van der Waals surface area contributed by atoms with E-state index in [1.54, 1.807) is 18.2 Å². The van der Waals surface area contributed by atoms with E-state index < -0.39 is 0 Å². The Labute approximate surface area is 111 Å². The standard InChI is InChI=1S/C12H16Cl2N2O/c1-2-15-7-4-8-16-12(17)9-5-3-6-10(13)11(9)14/h3,5-6,15H,2,4,7-8H2,1H3,(H,16,17). The number of hydrogen-bond acceptors (Lipinski definition) is 2. The second kappa shape index (κ2) is 7.54. The SMILES string of the molecule is CCNCCCNC(=O)c1cccc(Cl)c1Cl. The van der Waals surface area contributed by atoms with Gasteiger partial charge in [0.05, 0.1) is 15.6 Å². The van der Waals surface area contributed by atoms with E-state index in [1.807, 2.05) is 6.92 Å². The van der Waals surface area contributed by atoms with Gasteiger partial charge >= 0.3 is 0 Å². The van der Waals surface area contributed by atoms with E-state index in [0.29, 0.717) is 22.2 Å². The topological polar surface area (TPSA) is 41.1 Å². The monoisotopic (exact) mass is 274 g/mol. The summed E-state index contributed by atoms with van der Waals surface area (Å²) in [5.74, 6) is -0.186. The molecule has 0 radical (unpaired) electrons. The number of hydrogen-bond donors (Lipinski definition) is 2. The zero-order valence-corrected chi connectivity index (χ0v) is 11.2. The van der Waals surface area contributed by atoms with Crippen molar-refractivity contribution in [1.29, 1.82) is 0 Å². The Hall–Kier alpha value is -0.770. The average molecular weight is 275 g/mol. The highest BCUT2D eigenvalue weighted by Crippen LogP contribution is 2.25. The highest BCUT2D eigenvalue weighted by Gasteiger charge is 2.11. The zero-order valence-electron chi connectivity index (χ0n) is 9.72. The van der Waals surface area contributed by atoms with E-state index in [9.17, 15) is 4.79 Å². The lowest BCUT2D eigenvalue weighted by Crippen LogP contribution is -2.27. The normalized spacial score (nSPS) is 10.3. The van der Waals surface area contributed by atoms with Crippen molar-refractivity contribution in [2.45, 2.75) is 13.3 Å². The van der Waals surface area contributed by atoms with Gasteiger partial charge in [-0.3, -0.25) is 4.79 Å². The Bertz CT molecular complexity index is 383. The molecule has 17 heavy (non-hydrogen) atoms. The van der Waals surface area contributed by atoms with Crippen molar-refractivity contribution < 1.29 is 4.79 Å². The van der Waals surface area contributed by atoms with Crippen molar-refractivity contribution >= 4 is 29.1 Å². The molecule has 0 atom stereocenters. The molecule has 2 N–H and O–H groups in total. The van der Waals surface area contributed by atoms with Gasteiger partial charge in [0, 0.05) is 6.54 Å². The Morgan fingerprint density at radius 3 is 2.76 bits per heavy atom. The van der Waals surface area contributed by atoms with E-state index in [-0.39, 0.29) is 5.91 Å². The quantitative estimate of drug-likeness (QED) is 0.784. The van der Waals surface area contributed by atoms with Crippen molar-refractivity contribution in [3.8, 4) is 0 Å². The van der Waals surface area contributed by atoms with Gasteiger partial charge in [0.15, 0.2) is 0 Å². The lowest BCUT2D eigenvalue weighted by molar-refractivity contribution is 0.0953. The van der Waals surface area contributed by atoms with E-state index in [4.69, 9.17) is 23.2 Å². The molecule has 0 heterocycles. The second-order valence-electron chi connectivity index (χ2n) is 3.56. The zero-order chi connectivity index (χ0) is 12.7. The predicted molar refractivity (Wildman–Crippen MR) is 72.0 cm³/mol. The van der Waals surface area contributed by atoms with E-state index in [2.05, 4.69) is 10.6 Å². The van der Waals surface area contributed by atoms with Crippen LogP contribution in [-0.2, 0) is 0 Å². The van der Waals surface area contributed by atoms with Crippen molar-refractivity contribution in [1.82, 2.24) is 10.6 Å². The third-order valence-electron chi connectivity index (χ3n) is 2.26. The average Bonchev–Trinajstić information content (AvgIpc) is 2.32. The Morgan fingerprint density at radius 2 is 2.06 bits per heavy atom. The summed E-state index contributed by atoms with van der Waals surface area (Å²) in [6, 6.07) is 5.03. The number of benzene rings is 1. The van der Waals surface area contributed by atoms with Crippen molar-refractivity contribution in [2.24, 2.45) is 0 Å². The first-order valence-corrected chi connectivity index (χ1v) is 6.35. The maximum absolute atomic E-state index is 11.8. The molecule has 0 unspecified atom stereocenters. The molecule has 0 aliphatic rings. The molecule has 0 fully saturated rings. The molecular formula is C12H16Cl2N2O. The smallest absolute Gasteiger partial charge is 0.252 e. The minimum Gasteiger partial charge on any atom is -0.352 e. The van der Waals surface area contributed by atoms with Crippen molar-refractivity contribution in [2.75, 3.05) is 19.6 Å². The molecule has 1 aromatic rings. The molecule has 1 aromatic carbocycles. The summed E-state index contributed by atoms with van der Waals surface area (Å²) >= 11 is 11.8. The third kappa shape index (κ3) is 4.54. The first-order chi connectivity index (χ1) is 8.16. The minimum atomic E-state index is -0.186. The number of amides is 1. The van der Waals surface area contributed by atoms with Crippen LogP contribution in [0.15, 0.2) is 18.2 Å². The fraction of sp³-hybridized carbons (Fsp3) is 0.417. The molecule has 3 nitrogen and oxygen atoms in total. The summed E-state index contributed by atoms with van der Waals surface area (Å²) in [4.78, 5) is 11.8. The highest BCUT2D eigenvalue weighted by atomic mass is 35.5. The Kier molecular flexibility index (Phi) is 6.34. The molecule has 0 aromatic heterocycles. The van der Waals surface area contributed by atoms with Gasteiger partial charge in [0.2, 0.25) is 0 Å². The van der Waals surface area contributed by atoms with E-state index >= 15 is 0 Å². The first-order valence-electron chi connectivity index (χ1n) is 5.59. The van der Waals surface area contributed by atoms with Gasteiger partial charge in [-0.1, -0.05) is 36.2 Å².